The SMILES string of the molecule is CC(C)CCNC(=O)CO/N=C\c1cccc([N+](=O)[O-])c1. The Morgan fingerprint density at radius 3 is 2.95 bits per heavy atom. The van der Waals surface area contributed by atoms with Gasteiger partial charge in [0.05, 0.1) is 11.1 Å². The zero-order chi connectivity index (χ0) is 15.7. The molecule has 0 aliphatic heterocycles. The summed E-state index contributed by atoms with van der Waals surface area (Å²) in [6.07, 6.45) is 2.23. The highest BCUT2D eigenvalue weighted by atomic mass is 16.6. The molecule has 7 heteroatoms. The van der Waals surface area contributed by atoms with Crippen molar-refractivity contribution in [1.82, 2.24) is 5.32 Å². The lowest BCUT2D eigenvalue weighted by atomic mass is 10.1. The van der Waals surface area contributed by atoms with E-state index in [2.05, 4.69) is 24.3 Å². The zero-order valence-electron chi connectivity index (χ0n) is 12.1. The Balaban J connectivity index is 2.33. The van der Waals surface area contributed by atoms with Crippen LogP contribution in [0.4, 0.5) is 5.69 Å². The average Bonchev–Trinajstić information content (AvgIpc) is 2.43. The van der Waals surface area contributed by atoms with Gasteiger partial charge in [-0.2, -0.15) is 0 Å². The monoisotopic (exact) mass is 293 g/mol. The van der Waals surface area contributed by atoms with Crippen LogP contribution in [0.3, 0.4) is 0 Å². The highest BCUT2D eigenvalue weighted by molar-refractivity contribution is 5.80. The Morgan fingerprint density at radius 2 is 2.29 bits per heavy atom. The summed E-state index contributed by atoms with van der Waals surface area (Å²) in [7, 11) is 0. The molecule has 1 aromatic carbocycles. The van der Waals surface area contributed by atoms with E-state index in [-0.39, 0.29) is 18.2 Å². The molecule has 0 bridgehead atoms. The second kappa shape index (κ2) is 8.68. The van der Waals surface area contributed by atoms with E-state index < -0.39 is 4.92 Å². The van der Waals surface area contributed by atoms with Crippen molar-refractivity contribution in [3.63, 3.8) is 0 Å². The lowest BCUT2D eigenvalue weighted by Crippen LogP contribution is -2.28. The van der Waals surface area contributed by atoms with Gasteiger partial charge in [0.25, 0.3) is 11.6 Å². The topological polar surface area (TPSA) is 93.8 Å². The summed E-state index contributed by atoms with van der Waals surface area (Å²) >= 11 is 0. The first-order chi connectivity index (χ1) is 9.99. The summed E-state index contributed by atoms with van der Waals surface area (Å²) < 4.78 is 0. The highest BCUT2D eigenvalue weighted by Crippen LogP contribution is 2.11. The van der Waals surface area contributed by atoms with Crippen molar-refractivity contribution < 1.29 is 14.6 Å². The minimum atomic E-state index is -0.486. The maximum Gasteiger partial charge on any atom is 0.270 e. The molecule has 0 saturated heterocycles. The quantitative estimate of drug-likeness (QED) is 0.451. The van der Waals surface area contributed by atoms with Crippen LogP contribution >= 0.6 is 0 Å². The second-order valence-corrected chi connectivity index (χ2v) is 4.89. The van der Waals surface area contributed by atoms with Crippen molar-refractivity contribution in [2.45, 2.75) is 20.3 Å². The number of rotatable bonds is 8. The van der Waals surface area contributed by atoms with Gasteiger partial charge < -0.3 is 10.2 Å². The second-order valence-electron chi connectivity index (χ2n) is 4.89. The summed E-state index contributed by atoms with van der Waals surface area (Å²) in [5.41, 5.74) is 0.509. The molecule has 0 spiro atoms. The van der Waals surface area contributed by atoms with Crippen LogP contribution in [0.5, 0.6) is 0 Å². The minimum absolute atomic E-state index is 0.0228. The molecule has 21 heavy (non-hydrogen) atoms. The smallest absolute Gasteiger partial charge is 0.270 e. The van der Waals surface area contributed by atoms with E-state index in [9.17, 15) is 14.9 Å². The fourth-order valence-corrected chi connectivity index (χ4v) is 1.46. The number of non-ortho nitro benzene ring substituents is 1. The van der Waals surface area contributed by atoms with Gasteiger partial charge in [0.15, 0.2) is 6.61 Å². The summed E-state index contributed by atoms with van der Waals surface area (Å²) in [6.45, 7) is 4.58. The number of hydrogen-bond acceptors (Lipinski definition) is 5. The number of nitro benzene ring substituents is 1. The molecule has 0 unspecified atom stereocenters. The van der Waals surface area contributed by atoms with Crippen LogP contribution in [0.25, 0.3) is 0 Å². The van der Waals surface area contributed by atoms with Crippen molar-refractivity contribution in [2.75, 3.05) is 13.2 Å². The normalized spacial score (nSPS) is 10.8. The van der Waals surface area contributed by atoms with Crippen molar-refractivity contribution in [2.24, 2.45) is 11.1 Å². The Hall–Kier alpha value is -2.44. The van der Waals surface area contributed by atoms with Gasteiger partial charge in [0, 0.05) is 24.2 Å². The fourth-order valence-electron chi connectivity index (χ4n) is 1.46. The molecular formula is C14H19N3O4. The predicted molar refractivity (Wildman–Crippen MR) is 79.1 cm³/mol. The van der Waals surface area contributed by atoms with E-state index in [1.165, 1.54) is 18.3 Å². The standard InChI is InChI=1S/C14H19N3O4/c1-11(2)6-7-15-14(18)10-21-16-9-12-4-3-5-13(8-12)17(19)20/h3-5,8-9,11H,6-7,10H2,1-2H3,(H,15,18)/b16-9-. The number of oxime groups is 1. The molecule has 0 aliphatic rings. The Labute approximate surface area is 123 Å². The van der Waals surface area contributed by atoms with E-state index in [1.807, 2.05) is 0 Å². The van der Waals surface area contributed by atoms with Crippen molar-refractivity contribution in [1.29, 1.82) is 0 Å². The maximum absolute atomic E-state index is 11.4. The van der Waals surface area contributed by atoms with Gasteiger partial charge in [-0.05, 0) is 12.3 Å². The number of carbonyl (C=O) groups is 1. The third kappa shape index (κ3) is 7.05. The first-order valence-electron chi connectivity index (χ1n) is 6.65. The van der Waals surface area contributed by atoms with E-state index in [0.717, 1.165) is 6.42 Å². The third-order valence-electron chi connectivity index (χ3n) is 2.60. The highest BCUT2D eigenvalue weighted by Gasteiger charge is 2.04. The van der Waals surface area contributed by atoms with Gasteiger partial charge in [-0.1, -0.05) is 31.1 Å². The summed E-state index contributed by atoms with van der Waals surface area (Å²) in [4.78, 5) is 26.3. The number of benzene rings is 1. The molecular weight excluding hydrogens is 274 g/mol. The molecule has 0 radical (unpaired) electrons. The van der Waals surface area contributed by atoms with Crippen LogP contribution in [0.2, 0.25) is 0 Å². The molecule has 0 aliphatic carbocycles. The van der Waals surface area contributed by atoms with Crippen molar-refractivity contribution in [3.05, 3.63) is 39.9 Å². The molecule has 0 aromatic heterocycles. The van der Waals surface area contributed by atoms with E-state index >= 15 is 0 Å². The largest absolute Gasteiger partial charge is 0.386 e. The van der Waals surface area contributed by atoms with Gasteiger partial charge in [-0.25, -0.2) is 0 Å². The summed E-state index contributed by atoms with van der Waals surface area (Å²) in [5, 5.41) is 16.9. The maximum atomic E-state index is 11.4. The van der Waals surface area contributed by atoms with E-state index in [4.69, 9.17) is 4.84 Å². The lowest BCUT2D eigenvalue weighted by molar-refractivity contribution is -0.384. The first kappa shape index (κ1) is 16.6. The number of hydrogen-bond donors (Lipinski definition) is 1. The lowest BCUT2D eigenvalue weighted by Gasteiger charge is -2.06. The van der Waals surface area contributed by atoms with Gasteiger partial charge in [0.1, 0.15) is 0 Å². The van der Waals surface area contributed by atoms with Crippen LogP contribution in [0.1, 0.15) is 25.8 Å². The van der Waals surface area contributed by atoms with Crippen LogP contribution in [-0.2, 0) is 9.63 Å². The fraction of sp³-hybridized carbons (Fsp3) is 0.429. The Kier molecular flexibility index (Phi) is 6.86. The van der Waals surface area contributed by atoms with Crippen LogP contribution in [0.15, 0.2) is 29.4 Å². The molecule has 1 rings (SSSR count). The zero-order valence-corrected chi connectivity index (χ0v) is 12.1. The van der Waals surface area contributed by atoms with Gasteiger partial charge in [-0.3, -0.25) is 14.9 Å². The minimum Gasteiger partial charge on any atom is -0.386 e. The molecule has 1 aromatic rings. The van der Waals surface area contributed by atoms with Crippen LogP contribution in [0, 0.1) is 16.0 Å². The number of carbonyl (C=O) groups excluding carboxylic acids is 1. The van der Waals surface area contributed by atoms with Gasteiger partial charge >= 0.3 is 0 Å². The van der Waals surface area contributed by atoms with E-state index in [0.29, 0.717) is 18.0 Å². The van der Waals surface area contributed by atoms with Crippen LogP contribution in [-0.4, -0.2) is 30.2 Å². The van der Waals surface area contributed by atoms with Gasteiger partial charge in [-0.15, -0.1) is 0 Å². The Morgan fingerprint density at radius 1 is 1.52 bits per heavy atom. The third-order valence-corrected chi connectivity index (χ3v) is 2.60. The molecule has 0 atom stereocenters. The summed E-state index contributed by atoms with van der Waals surface area (Å²) in [6, 6.07) is 5.97. The van der Waals surface area contributed by atoms with Crippen LogP contribution < -0.4 is 5.32 Å². The number of nitrogens with zero attached hydrogens (tertiary/aromatic N) is 2. The average molecular weight is 293 g/mol. The van der Waals surface area contributed by atoms with Crippen molar-refractivity contribution in [3.8, 4) is 0 Å². The van der Waals surface area contributed by atoms with Gasteiger partial charge in [0.2, 0.25) is 0 Å². The predicted octanol–water partition coefficient (Wildman–Crippen LogP) is 2.11. The molecule has 0 saturated carbocycles. The molecule has 1 N–H and O–H groups in total. The van der Waals surface area contributed by atoms with E-state index in [1.54, 1.807) is 12.1 Å². The van der Waals surface area contributed by atoms with Crippen molar-refractivity contribution >= 4 is 17.8 Å². The molecule has 0 heterocycles. The number of nitrogens with one attached hydrogen (secondary N) is 1. The number of nitro groups is 1. The Bertz CT molecular complexity index is 515. The molecule has 1 amide bonds. The number of amides is 1. The molecule has 0 fully saturated rings. The molecule has 114 valence electrons. The first-order valence-corrected chi connectivity index (χ1v) is 6.65. The summed E-state index contributed by atoms with van der Waals surface area (Å²) in [5.74, 6) is 0.282. The molecule has 7 nitrogen and oxygen atoms in total.